The van der Waals surface area contributed by atoms with Gasteiger partial charge in [0, 0.05) is 12.6 Å². The molecular formula is C8H16O4Si. The first-order chi connectivity index (χ1) is 6.20. The second kappa shape index (κ2) is 7.66. The minimum Gasteiger partial charge on any atom is -0.521 e. The summed E-state index contributed by atoms with van der Waals surface area (Å²) < 4.78 is 15.1. The van der Waals surface area contributed by atoms with Crippen LogP contribution in [-0.2, 0) is 18.7 Å². The molecule has 0 aromatic rings. The first-order valence-corrected chi connectivity index (χ1v) is 5.69. The lowest BCUT2D eigenvalue weighted by Gasteiger charge is -2.08. The van der Waals surface area contributed by atoms with Gasteiger partial charge in [0.15, 0.2) is 0 Å². The summed E-state index contributed by atoms with van der Waals surface area (Å²) in [6.45, 7) is 6.25. The monoisotopic (exact) mass is 204 g/mol. The molecule has 0 radical (unpaired) electrons. The van der Waals surface area contributed by atoms with E-state index in [9.17, 15) is 4.79 Å². The maximum absolute atomic E-state index is 10.4. The van der Waals surface area contributed by atoms with Crippen molar-refractivity contribution in [1.29, 1.82) is 0 Å². The van der Waals surface area contributed by atoms with Gasteiger partial charge in [-0.3, -0.25) is 4.79 Å². The Morgan fingerprint density at radius 3 is 2.23 bits per heavy atom. The summed E-state index contributed by atoms with van der Waals surface area (Å²) >= 11 is 0. The van der Waals surface area contributed by atoms with E-state index in [0.29, 0.717) is 19.2 Å². The third-order valence-electron chi connectivity index (χ3n) is 1.11. The Morgan fingerprint density at radius 1 is 1.31 bits per heavy atom. The van der Waals surface area contributed by atoms with Crippen LogP contribution >= 0.6 is 0 Å². The van der Waals surface area contributed by atoms with Crippen molar-refractivity contribution in [1.82, 2.24) is 0 Å². The lowest BCUT2D eigenvalue weighted by atomic mass is 10.8. The van der Waals surface area contributed by atoms with Gasteiger partial charge in [-0.2, -0.15) is 0 Å². The van der Waals surface area contributed by atoms with E-state index in [-0.39, 0.29) is 5.97 Å². The van der Waals surface area contributed by atoms with E-state index in [1.54, 1.807) is 5.70 Å². The van der Waals surface area contributed by atoms with Gasteiger partial charge in [0.1, 0.15) is 0 Å². The first kappa shape index (κ1) is 12.0. The van der Waals surface area contributed by atoms with Crippen LogP contribution in [0.2, 0.25) is 0 Å². The third kappa shape index (κ3) is 7.39. The van der Waals surface area contributed by atoms with Gasteiger partial charge in [-0.05, 0) is 13.8 Å². The fourth-order valence-corrected chi connectivity index (χ4v) is 1.36. The molecule has 0 spiro atoms. The molecule has 0 aromatic carbocycles. The number of hydrogen-bond donors (Lipinski definition) is 0. The molecule has 0 amide bonds. The van der Waals surface area contributed by atoms with Crippen LogP contribution in [0.25, 0.3) is 0 Å². The van der Waals surface area contributed by atoms with Crippen molar-refractivity contribution in [2.75, 3.05) is 13.2 Å². The van der Waals surface area contributed by atoms with Gasteiger partial charge in [0.05, 0.1) is 13.2 Å². The number of rotatable bonds is 6. The molecule has 0 aliphatic carbocycles. The minimum atomic E-state index is -0.986. The van der Waals surface area contributed by atoms with E-state index in [4.69, 9.17) is 13.9 Å². The summed E-state index contributed by atoms with van der Waals surface area (Å²) in [5, 5.41) is 0. The van der Waals surface area contributed by atoms with E-state index in [0.717, 1.165) is 0 Å². The molecule has 0 aromatic heterocycles. The Labute approximate surface area is 80.8 Å². The Bertz CT molecular complexity index is 171. The molecule has 0 saturated carbocycles. The van der Waals surface area contributed by atoms with Gasteiger partial charge >= 0.3 is 0 Å². The maximum atomic E-state index is 10.4. The van der Waals surface area contributed by atoms with Gasteiger partial charge in [-0.25, -0.2) is 0 Å². The van der Waals surface area contributed by atoms with Crippen LogP contribution in [0, 0.1) is 0 Å². The van der Waals surface area contributed by atoms with Crippen LogP contribution in [0.1, 0.15) is 20.8 Å². The van der Waals surface area contributed by atoms with Gasteiger partial charge in [0.25, 0.3) is 21.7 Å². The van der Waals surface area contributed by atoms with Gasteiger partial charge < -0.3 is 13.9 Å². The molecule has 0 fully saturated rings. The van der Waals surface area contributed by atoms with Crippen LogP contribution in [0.3, 0.4) is 0 Å². The van der Waals surface area contributed by atoms with Crippen molar-refractivity contribution in [3.8, 4) is 0 Å². The third-order valence-corrected chi connectivity index (χ3v) is 2.18. The molecule has 5 heteroatoms. The van der Waals surface area contributed by atoms with Crippen molar-refractivity contribution in [3.05, 3.63) is 11.6 Å². The lowest BCUT2D eigenvalue weighted by Crippen LogP contribution is -2.05. The van der Waals surface area contributed by atoms with Crippen LogP contribution in [0.5, 0.6) is 0 Å². The first-order valence-electron chi connectivity index (χ1n) is 4.29. The highest BCUT2D eigenvalue weighted by atomic mass is 28.2. The normalized spacial score (nSPS) is 9.77. The second-order valence-corrected chi connectivity index (χ2v) is 3.22. The predicted octanol–water partition coefficient (Wildman–Crippen LogP) is 0.505. The fourth-order valence-electron chi connectivity index (χ4n) is 0.671. The van der Waals surface area contributed by atoms with E-state index in [1.165, 1.54) is 6.92 Å². The van der Waals surface area contributed by atoms with E-state index in [1.807, 2.05) is 13.8 Å². The molecule has 0 heterocycles. The van der Waals surface area contributed by atoms with E-state index in [2.05, 4.69) is 0 Å². The van der Waals surface area contributed by atoms with Crippen molar-refractivity contribution in [3.63, 3.8) is 0 Å². The molecule has 76 valence electrons. The quantitative estimate of drug-likeness (QED) is 0.467. The number of hydrogen-bond acceptors (Lipinski definition) is 4. The standard InChI is InChI=1S/C8H16O4Si/c1-4-10-8(11-5-2)6-13-12-7(3)9/h6H,4-5,13H2,1-3H3. The van der Waals surface area contributed by atoms with Gasteiger partial charge in [0.2, 0.25) is 0 Å². The van der Waals surface area contributed by atoms with Gasteiger partial charge in [-0.15, -0.1) is 0 Å². The topological polar surface area (TPSA) is 44.8 Å². The Kier molecular flexibility index (Phi) is 7.09. The average molecular weight is 204 g/mol. The molecule has 0 saturated heterocycles. The van der Waals surface area contributed by atoms with Gasteiger partial charge in [-0.1, -0.05) is 0 Å². The molecule has 0 aliphatic rings. The smallest absolute Gasteiger partial charge is 0.289 e. The molecule has 0 rings (SSSR count). The molecule has 13 heavy (non-hydrogen) atoms. The van der Waals surface area contributed by atoms with Crippen LogP contribution in [-0.4, -0.2) is 28.9 Å². The highest BCUT2D eigenvalue weighted by Crippen LogP contribution is 1.98. The summed E-state index contributed by atoms with van der Waals surface area (Å²) in [4.78, 5) is 10.4. The van der Waals surface area contributed by atoms with Crippen molar-refractivity contribution in [2.24, 2.45) is 0 Å². The SMILES string of the molecule is CCOC(=C[SiH2]OC(C)=O)OCC. The largest absolute Gasteiger partial charge is 0.521 e. The maximum Gasteiger partial charge on any atom is 0.289 e. The predicted molar refractivity (Wildman–Crippen MR) is 51.6 cm³/mol. The fraction of sp³-hybridized carbons (Fsp3) is 0.625. The highest BCUT2D eigenvalue weighted by molar-refractivity contribution is 6.37. The number of ether oxygens (including phenoxy) is 2. The summed E-state index contributed by atoms with van der Waals surface area (Å²) in [6.07, 6.45) is 0. The Balaban J connectivity index is 3.80. The Hall–Kier alpha value is -0.973. The molecule has 0 bridgehead atoms. The van der Waals surface area contributed by atoms with Crippen molar-refractivity contribution >= 4 is 15.7 Å². The summed E-state index contributed by atoms with van der Waals surface area (Å²) in [7, 11) is -0.986. The van der Waals surface area contributed by atoms with Crippen molar-refractivity contribution < 1.29 is 18.7 Å². The summed E-state index contributed by atoms with van der Waals surface area (Å²) in [5.74, 6) is 0.216. The zero-order chi connectivity index (χ0) is 10.1. The van der Waals surface area contributed by atoms with E-state index < -0.39 is 9.76 Å². The van der Waals surface area contributed by atoms with Crippen LogP contribution in [0.4, 0.5) is 0 Å². The molecule has 0 unspecified atom stereocenters. The van der Waals surface area contributed by atoms with E-state index >= 15 is 0 Å². The van der Waals surface area contributed by atoms with Crippen LogP contribution in [0.15, 0.2) is 11.6 Å². The summed E-state index contributed by atoms with van der Waals surface area (Å²) in [6, 6.07) is 0. The lowest BCUT2D eigenvalue weighted by molar-refractivity contribution is -0.131. The molecule has 4 nitrogen and oxygen atoms in total. The molecule has 0 atom stereocenters. The second-order valence-electron chi connectivity index (χ2n) is 2.19. The Morgan fingerprint density at radius 2 is 1.85 bits per heavy atom. The zero-order valence-electron chi connectivity index (χ0n) is 8.33. The average Bonchev–Trinajstić information content (AvgIpc) is 2.04. The van der Waals surface area contributed by atoms with Crippen LogP contribution < -0.4 is 0 Å². The van der Waals surface area contributed by atoms with Crippen molar-refractivity contribution in [2.45, 2.75) is 20.8 Å². The number of carbonyl (C=O) groups is 1. The molecule has 0 aliphatic heterocycles. The summed E-state index contributed by atoms with van der Waals surface area (Å²) in [5.41, 5.74) is 1.73. The number of carbonyl (C=O) groups excluding carboxylic acids is 1. The molecular weight excluding hydrogens is 188 g/mol. The minimum absolute atomic E-state index is 0.254. The molecule has 0 N–H and O–H groups in total. The zero-order valence-corrected chi connectivity index (χ0v) is 9.75. The highest BCUT2D eigenvalue weighted by Gasteiger charge is 1.97.